The predicted molar refractivity (Wildman–Crippen MR) is 68.3 cm³/mol. The summed E-state index contributed by atoms with van der Waals surface area (Å²) in [5, 5.41) is 3.36. The molecular weight excluding hydrogens is 231 g/mol. The highest BCUT2D eigenvalue weighted by Crippen LogP contribution is 2.18. The lowest BCUT2D eigenvalue weighted by atomic mass is 10.1. The monoisotopic (exact) mass is 248 g/mol. The molecule has 1 aromatic carbocycles. The van der Waals surface area contributed by atoms with Crippen LogP contribution in [0, 0.1) is 5.82 Å². The molecule has 3 nitrogen and oxygen atoms in total. The molecule has 2 atom stereocenters. The summed E-state index contributed by atoms with van der Waals surface area (Å²) in [5.41, 5.74) is 0.707. The Morgan fingerprint density at radius 1 is 1.39 bits per heavy atom. The third-order valence-electron chi connectivity index (χ3n) is 3.50. The van der Waals surface area contributed by atoms with Gasteiger partial charge in [0.1, 0.15) is 11.9 Å². The summed E-state index contributed by atoms with van der Waals surface area (Å²) in [7, 11) is 0. The lowest BCUT2D eigenvalue weighted by Crippen LogP contribution is -2.32. The molecule has 1 aromatic rings. The van der Waals surface area contributed by atoms with Crippen molar-refractivity contribution in [1.29, 1.82) is 0 Å². The van der Waals surface area contributed by atoms with Gasteiger partial charge in [-0.1, -0.05) is 18.2 Å². The molecule has 0 spiro atoms. The van der Waals surface area contributed by atoms with E-state index in [4.69, 9.17) is 4.74 Å². The molecule has 0 bridgehead atoms. The molecular formula is C14H17FN2O. The van der Waals surface area contributed by atoms with Gasteiger partial charge in [-0.15, -0.1) is 0 Å². The number of halogens is 1. The number of aliphatic imine (C=N–C) groups is 1. The maximum Gasteiger partial charge on any atom is 0.201 e. The second-order valence-corrected chi connectivity index (χ2v) is 4.86. The largest absolute Gasteiger partial charge is 0.474 e. The lowest BCUT2D eigenvalue weighted by Gasteiger charge is -2.15. The Balaban J connectivity index is 1.59. The van der Waals surface area contributed by atoms with Crippen LogP contribution in [0.5, 0.6) is 0 Å². The van der Waals surface area contributed by atoms with E-state index in [1.165, 1.54) is 12.5 Å². The van der Waals surface area contributed by atoms with E-state index in [9.17, 15) is 4.39 Å². The molecule has 2 heterocycles. The lowest BCUT2D eigenvalue weighted by molar-refractivity contribution is 0.213. The Morgan fingerprint density at radius 3 is 3.06 bits per heavy atom. The molecule has 2 aliphatic heterocycles. The van der Waals surface area contributed by atoms with Crippen LogP contribution in [-0.2, 0) is 11.2 Å². The topological polar surface area (TPSA) is 33.6 Å². The SMILES string of the molecule is Fc1ccccc1CC1CN=C(C2CCCN2)O1. The van der Waals surface area contributed by atoms with Gasteiger partial charge in [-0.05, 0) is 31.0 Å². The van der Waals surface area contributed by atoms with Crippen molar-refractivity contribution in [2.45, 2.75) is 31.4 Å². The molecule has 2 unspecified atom stereocenters. The molecule has 1 saturated heterocycles. The van der Waals surface area contributed by atoms with Gasteiger partial charge in [0.2, 0.25) is 5.90 Å². The quantitative estimate of drug-likeness (QED) is 0.886. The van der Waals surface area contributed by atoms with E-state index < -0.39 is 0 Å². The minimum Gasteiger partial charge on any atom is -0.474 e. The minimum absolute atomic E-state index is 0.0145. The van der Waals surface area contributed by atoms with E-state index >= 15 is 0 Å². The van der Waals surface area contributed by atoms with Crippen LogP contribution in [0.15, 0.2) is 29.3 Å². The van der Waals surface area contributed by atoms with Crippen molar-refractivity contribution in [3.05, 3.63) is 35.6 Å². The van der Waals surface area contributed by atoms with Crippen LogP contribution in [0.4, 0.5) is 4.39 Å². The van der Waals surface area contributed by atoms with Gasteiger partial charge >= 0.3 is 0 Å². The second-order valence-electron chi connectivity index (χ2n) is 4.86. The van der Waals surface area contributed by atoms with Gasteiger partial charge in [0, 0.05) is 6.42 Å². The van der Waals surface area contributed by atoms with Gasteiger partial charge < -0.3 is 10.1 Å². The molecule has 4 heteroatoms. The molecule has 0 amide bonds. The highest BCUT2D eigenvalue weighted by atomic mass is 19.1. The average molecular weight is 248 g/mol. The van der Waals surface area contributed by atoms with Gasteiger partial charge in [-0.3, -0.25) is 4.99 Å². The van der Waals surface area contributed by atoms with Crippen molar-refractivity contribution < 1.29 is 9.13 Å². The first-order chi connectivity index (χ1) is 8.83. The van der Waals surface area contributed by atoms with Gasteiger partial charge in [-0.2, -0.15) is 0 Å². The maximum absolute atomic E-state index is 13.5. The van der Waals surface area contributed by atoms with Crippen molar-refractivity contribution in [2.75, 3.05) is 13.1 Å². The maximum atomic E-state index is 13.5. The molecule has 0 radical (unpaired) electrons. The highest BCUT2D eigenvalue weighted by molar-refractivity contribution is 5.83. The molecule has 0 saturated carbocycles. The first-order valence-electron chi connectivity index (χ1n) is 6.51. The zero-order valence-corrected chi connectivity index (χ0v) is 10.2. The van der Waals surface area contributed by atoms with E-state index in [0.717, 1.165) is 18.9 Å². The standard InChI is InChI=1S/C14H17FN2O/c15-12-5-2-1-4-10(12)8-11-9-17-14(18-11)13-6-3-7-16-13/h1-2,4-5,11,13,16H,3,6-9H2. The molecule has 18 heavy (non-hydrogen) atoms. The molecule has 3 rings (SSSR count). The molecule has 1 fully saturated rings. The summed E-state index contributed by atoms with van der Waals surface area (Å²) < 4.78 is 19.4. The Morgan fingerprint density at radius 2 is 2.28 bits per heavy atom. The number of rotatable bonds is 3. The highest BCUT2D eigenvalue weighted by Gasteiger charge is 2.28. The number of benzene rings is 1. The van der Waals surface area contributed by atoms with Crippen molar-refractivity contribution in [3.8, 4) is 0 Å². The Kier molecular flexibility index (Phi) is 3.28. The zero-order chi connectivity index (χ0) is 12.4. The van der Waals surface area contributed by atoms with E-state index in [1.807, 2.05) is 12.1 Å². The van der Waals surface area contributed by atoms with Crippen LogP contribution in [0.25, 0.3) is 0 Å². The van der Waals surface area contributed by atoms with Crippen molar-refractivity contribution in [3.63, 3.8) is 0 Å². The number of nitrogens with one attached hydrogen (secondary N) is 1. The van der Waals surface area contributed by atoms with Gasteiger partial charge in [0.25, 0.3) is 0 Å². The smallest absolute Gasteiger partial charge is 0.201 e. The fourth-order valence-electron chi connectivity index (χ4n) is 2.54. The van der Waals surface area contributed by atoms with E-state index in [0.29, 0.717) is 18.5 Å². The molecule has 0 aliphatic carbocycles. The Hall–Kier alpha value is -1.42. The van der Waals surface area contributed by atoms with Gasteiger partial charge in [0.05, 0.1) is 12.6 Å². The summed E-state index contributed by atoms with van der Waals surface area (Å²) in [6.07, 6.45) is 2.84. The van der Waals surface area contributed by atoms with Crippen molar-refractivity contribution >= 4 is 5.90 Å². The first-order valence-corrected chi connectivity index (χ1v) is 6.51. The van der Waals surface area contributed by atoms with Crippen LogP contribution in [0.3, 0.4) is 0 Å². The van der Waals surface area contributed by atoms with E-state index in [1.54, 1.807) is 6.07 Å². The van der Waals surface area contributed by atoms with Crippen molar-refractivity contribution in [2.24, 2.45) is 4.99 Å². The summed E-state index contributed by atoms with van der Waals surface area (Å²) in [6.45, 7) is 1.67. The fraction of sp³-hybridized carbons (Fsp3) is 0.500. The molecule has 96 valence electrons. The fourth-order valence-corrected chi connectivity index (χ4v) is 2.54. The second kappa shape index (κ2) is 5.06. The van der Waals surface area contributed by atoms with Crippen LogP contribution >= 0.6 is 0 Å². The van der Waals surface area contributed by atoms with E-state index in [2.05, 4.69) is 10.3 Å². The van der Waals surface area contributed by atoms with Crippen LogP contribution in [-0.4, -0.2) is 31.1 Å². The molecule has 2 aliphatic rings. The van der Waals surface area contributed by atoms with Crippen molar-refractivity contribution in [1.82, 2.24) is 5.32 Å². The number of hydrogen-bond acceptors (Lipinski definition) is 3. The number of nitrogens with zero attached hydrogens (tertiary/aromatic N) is 1. The average Bonchev–Trinajstić information content (AvgIpc) is 3.02. The number of ether oxygens (including phenoxy) is 1. The summed E-state index contributed by atoms with van der Waals surface area (Å²) in [4.78, 5) is 4.43. The third-order valence-corrected chi connectivity index (χ3v) is 3.50. The van der Waals surface area contributed by atoms with E-state index in [-0.39, 0.29) is 18.0 Å². The Labute approximate surface area is 106 Å². The first kappa shape index (κ1) is 11.7. The van der Waals surface area contributed by atoms with Crippen LogP contribution < -0.4 is 5.32 Å². The Bertz CT molecular complexity index is 455. The van der Waals surface area contributed by atoms with Gasteiger partial charge in [0.15, 0.2) is 0 Å². The van der Waals surface area contributed by atoms with Crippen LogP contribution in [0.1, 0.15) is 18.4 Å². The molecule has 1 N–H and O–H groups in total. The molecule has 0 aromatic heterocycles. The third kappa shape index (κ3) is 2.38. The zero-order valence-electron chi connectivity index (χ0n) is 10.2. The predicted octanol–water partition coefficient (Wildman–Crippen LogP) is 1.92. The number of hydrogen-bond donors (Lipinski definition) is 1. The summed E-state index contributed by atoms with van der Waals surface area (Å²) in [6, 6.07) is 7.14. The van der Waals surface area contributed by atoms with Crippen LogP contribution in [0.2, 0.25) is 0 Å². The summed E-state index contributed by atoms with van der Waals surface area (Å²) in [5.74, 6) is 0.655. The summed E-state index contributed by atoms with van der Waals surface area (Å²) >= 11 is 0. The normalized spacial score (nSPS) is 27.1. The minimum atomic E-state index is -0.159. The van der Waals surface area contributed by atoms with Gasteiger partial charge in [-0.25, -0.2) is 4.39 Å².